The Labute approximate surface area is 149 Å². The topological polar surface area (TPSA) is 79.3 Å². The van der Waals surface area contributed by atoms with Crippen molar-refractivity contribution < 1.29 is 14.7 Å². The van der Waals surface area contributed by atoms with E-state index >= 15 is 0 Å². The van der Waals surface area contributed by atoms with Gasteiger partial charge >= 0.3 is 5.97 Å². The first-order valence-electron chi connectivity index (χ1n) is 8.69. The van der Waals surface area contributed by atoms with Gasteiger partial charge in [0.2, 0.25) is 5.91 Å². The quantitative estimate of drug-likeness (QED) is 0.486. The molecule has 5 nitrogen and oxygen atoms in total. The maximum absolute atomic E-state index is 12.5. The molecule has 0 aliphatic heterocycles. The molecule has 25 heavy (non-hydrogen) atoms. The van der Waals surface area contributed by atoms with E-state index in [1.54, 1.807) is 24.5 Å². The van der Waals surface area contributed by atoms with Gasteiger partial charge in [-0.15, -0.1) is 0 Å². The monoisotopic (exact) mass is 344 g/mol. The number of unbranched alkanes of at least 4 members (excludes halogenated alkanes) is 1. The maximum atomic E-state index is 12.5. The molecule has 0 bridgehead atoms. The minimum absolute atomic E-state index is 0.158. The summed E-state index contributed by atoms with van der Waals surface area (Å²) >= 11 is 0. The number of pyridine rings is 1. The molecule has 0 aromatic carbocycles. The first-order valence-corrected chi connectivity index (χ1v) is 8.69. The van der Waals surface area contributed by atoms with E-state index in [-0.39, 0.29) is 18.2 Å². The Morgan fingerprint density at radius 3 is 2.56 bits per heavy atom. The van der Waals surface area contributed by atoms with E-state index in [4.69, 9.17) is 5.11 Å². The molecule has 0 radical (unpaired) electrons. The average Bonchev–Trinajstić information content (AvgIpc) is 2.59. The lowest BCUT2D eigenvalue weighted by Gasteiger charge is -2.19. The van der Waals surface area contributed by atoms with Crippen LogP contribution in [0.2, 0.25) is 0 Å². The first-order chi connectivity index (χ1) is 11.9. The van der Waals surface area contributed by atoms with Crippen LogP contribution >= 0.6 is 0 Å². The minimum atomic E-state index is -0.975. The van der Waals surface area contributed by atoms with Crippen molar-refractivity contribution in [3.63, 3.8) is 0 Å². The number of carboxylic acid groups (broad SMARTS) is 1. The predicted molar refractivity (Wildman–Crippen MR) is 100 cm³/mol. The molecule has 0 saturated heterocycles. The summed E-state index contributed by atoms with van der Waals surface area (Å²) in [5, 5.41) is 11.9. The lowest BCUT2D eigenvalue weighted by atomic mass is 9.89. The molecule has 2 unspecified atom stereocenters. The molecular formula is C20H28N2O3. The maximum Gasteiger partial charge on any atom is 0.304 e. The molecule has 1 aromatic rings. The van der Waals surface area contributed by atoms with Gasteiger partial charge in [0, 0.05) is 18.1 Å². The van der Waals surface area contributed by atoms with Crippen molar-refractivity contribution in [3.05, 3.63) is 48.3 Å². The fourth-order valence-electron chi connectivity index (χ4n) is 2.39. The third-order valence-corrected chi connectivity index (χ3v) is 4.14. The Morgan fingerprint density at radius 2 is 1.96 bits per heavy atom. The average molecular weight is 344 g/mol. The van der Waals surface area contributed by atoms with Gasteiger partial charge in [-0.05, 0) is 44.2 Å². The molecule has 2 atom stereocenters. The summed E-state index contributed by atoms with van der Waals surface area (Å²) in [4.78, 5) is 27.5. The first kappa shape index (κ1) is 20.6. The van der Waals surface area contributed by atoms with E-state index in [2.05, 4.69) is 30.2 Å². The van der Waals surface area contributed by atoms with E-state index in [0.717, 1.165) is 19.3 Å². The number of carboxylic acids is 1. The SMILES string of the molecule is CCC(C)=CCCC=CC(C)C(CC(=O)O)C(=O)Nc1ccncc1. The molecular weight excluding hydrogens is 316 g/mol. The van der Waals surface area contributed by atoms with E-state index in [9.17, 15) is 9.59 Å². The third kappa shape index (κ3) is 8.29. The fraction of sp³-hybridized carbons (Fsp3) is 0.450. The number of nitrogens with one attached hydrogen (secondary N) is 1. The highest BCUT2D eigenvalue weighted by atomic mass is 16.4. The largest absolute Gasteiger partial charge is 0.481 e. The van der Waals surface area contributed by atoms with Crippen molar-refractivity contribution in [1.82, 2.24) is 4.98 Å². The number of carbonyl (C=O) groups excluding carboxylic acids is 1. The summed E-state index contributed by atoms with van der Waals surface area (Å²) in [5.74, 6) is -2.03. The molecule has 2 N–H and O–H groups in total. The van der Waals surface area contributed by atoms with Crippen LogP contribution in [0, 0.1) is 11.8 Å². The summed E-state index contributed by atoms with van der Waals surface area (Å²) in [6.07, 6.45) is 12.0. The number of aliphatic carboxylic acids is 1. The number of carbonyl (C=O) groups is 2. The van der Waals surface area contributed by atoms with Crippen LogP contribution in [0.1, 0.15) is 46.5 Å². The molecule has 0 saturated carbocycles. The van der Waals surface area contributed by atoms with Gasteiger partial charge < -0.3 is 10.4 Å². The lowest BCUT2D eigenvalue weighted by molar-refractivity contribution is -0.140. The Kier molecular flexibility index (Phi) is 9.22. The van der Waals surface area contributed by atoms with E-state index in [1.165, 1.54) is 5.57 Å². The zero-order valence-electron chi connectivity index (χ0n) is 15.2. The van der Waals surface area contributed by atoms with Crippen molar-refractivity contribution >= 4 is 17.6 Å². The van der Waals surface area contributed by atoms with Gasteiger partial charge in [0.1, 0.15) is 0 Å². The van der Waals surface area contributed by atoms with Crippen LogP contribution < -0.4 is 5.32 Å². The Balaban J connectivity index is 2.66. The number of nitrogens with zero attached hydrogens (tertiary/aromatic N) is 1. The molecule has 0 aliphatic carbocycles. The van der Waals surface area contributed by atoms with Gasteiger partial charge in [0.25, 0.3) is 0 Å². The van der Waals surface area contributed by atoms with E-state index in [0.29, 0.717) is 5.69 Å². The van der Waals surface area contributed by atoms with Crippen LogP contribution in [-0.2, 0) is 9.59 Å². The fourth-order valence-corrected chi connectivity index (χ4v) is 2.39. The number of hydrogen-bond donors (Lipinski definition) is 2. The number of amides is 1. The summed E-state index contributed by atoms with van der Waals surface area (Å²) in [6.45, 7) is 6.11. The van der Waals surface area contributed by atoms with Crippen LogP contribution in [0.4, 0.5) is 5.69 Å². The van der Waals surface area contributed by atoms with Gasteiger partial charge in [-0.2, -0.15) is 0 Å². The number of allylic oxidation sites excluding steroid dienone is 4. The van der Waals surface area contributed by atoms with Crippen molar-refractivity contribution in [2.45, 2.75) is 46.5 Å². The standard InChI is InChI=1S/C20H28N2O3/c1-4-15(2)8-6-5-7-9-16(3)18(14-19(23)24)20(25)22-17-10-12-21-13-11-17/h7-13,16,18H,4-6,14H2,1-3H3,(H,23,24)(H,21,22,25). The highest BCUT2D eigenvalue weighted by Crippen LogP contribution is 2.20. The summed E-state index contributed by atoms with van der Waals surface area (Å²) in [5.41, 5.74) is 1.98. The predicted octanol–water partition coefficient (Wildman–Crippen LogP) is 4.44. The highest BCUT2D eigenvalue weighted by Gasteiger charge is 2.26. The van der Waals surface area contributed by atoms with Crippen LogP contribution in [0.25, 0.3) is 0 Å². The van der Waals surface area contributed by atoms with Crippen LogP contribution in [-0.4, -0.2) is 22.0 Å². The van der Waals surface area contributed by atoms with Gasteiger partial charge in [-0.3, -0.25) is 14.6 Å². The van der Waals surface area contributed by atoms with E-state index in [1.807, 2.05) is 19.1 Å². The summed E-state index contributed by atoms with van der Waals surface area (Å²) < 4.78 is 0. The van der Waals surface area contributed by atoms with Crippen LogP contribution in [0.5, 0.6) is 0 Å². The molecule has 0 fully saturated rings. The second-order valence-corrected chi connectivity index (χ2v) is 6.20. The zero-order valence-corrected chi connectivity index (χ0v) is 15.2. The Hall–Kier alpha value is -2.43. The highest BCUT2D eigenvalue weighted by molar-refractivity contribution is 5.94. The third-order valence-electron chi connectivity index (χ3n) is 4.14. The number of aromatic nitrogens is 1. The molecule has 0 spiro atoms. The number of hydrogen-bond acceptors (Lipinski definition) is 3. The smallest absolute Gasteiger partial charge is 0.304 e. The lowest BCUT2D eigenvalue weighted by Crippen LogP contribution is -2.29. The zero-order chi connectivity index (χ0) is 18.7. The van der Waals surface area contributed by atoms with E-state index < -0.39 is 11.9 Å². The second-order valence-electron chi connectivity index (χ2n) is 6.20. The summed E-state index contributed by atoms with van der Waals surface area (Å²) in [7, 11) is 0. The molecule has 1 rings (SSSR count). The molecule has 5 heteroatoms. The Morgan fingerprint density at radius 1 is 1.28 bits per heavy atom. The van der Waals surface area contributed by atoms with Crippen molar-refractivity contribution in [1.29, 1.82) is 0 Å². The molecule has 1 aromatic heterocycles. The van der Waals surface area contributed by atoms with Crippen LogP contribution in [0.3, 0.4) is 0 Å². The van der Waals surface area contributed by atoms with Gasteiger partial charge in [0.05, 0.1) is 12.3 Å². The molecule has 1 amide bonds. The normalized spacial score (nSPS) is 14.3. The second kappa shape index (κ2) is 11.2. The number of rotatable bonds is 10. The van der Waals surface area contributed by atoms with Crippen molar-refractivity contribution in [3.8, 4) is 0 Å². The van der Waals surface area contributed by atoms with Crippen molar-refractivity contribution in [2.75, 3.05) is 5.32 Å². The van der Waals surface area contributed by atoms with Crippen LogP contribution in [0.15, 0.2) is 48.3 Å². The molecule has 0 aliphatic rings. The van der Waals surface area contributed by atoms with Gasteiger partial charge in [0.15, 0.2) is 0 Å². The number of anilines is 1. The molecule has 136 valence electrons. The summed E-state index contributed by atoms with van der Waals surface area (Å²) in [6, 6.07) is 3.36. The Bertz CT molecular complexity index is 609. The molecule has 1 heterocycles. The van der Waals surface area contributed by atoms with Gasteiger partial charge in [-0.25, -0.2) is 0 Å². The minimum Gasteiger partial charge on any atom is -0.481 e. The van der Waals surface area contributed by atoms with Crippen molar-refractivity contribution in [2.24, 2.45) is 11.8 Å². The van der Waals surface area contributed by atoms with Gasteiger partial charge in [-0.1, -0.05) is 37.6 Å².